The predicted molar refractivity (Wildman–Crippen MR) is 119 cm³/mol. The molecular weight excluding hydrogens is 454 g/mol. The molecule has 2 aromatic rings. The molecule has 0 aliphatic carbocycles. The second kappa shape index (κ2) is 12.9. The van der Waals surface area contributed by atoms with Gasteiger partial charge in [0.2, 0.25) is 0 Å². The van der Waals surface area contributed by atoms with Crippen LogP contribution in [0.3, 0.4) is 0 Å². The van der Waals surface area contributed by atoms with Crippen LogP contribution >= 0.6 is 0 Å². The van der Waals surface area contributed by atoms with Gasteiger partial charge in [-0.15, -0.1) is 5.69 Å². The van der Waals surface area contributed by atoms with Crippen molar-refractivity contribution >= 4 is 19.0 Å². The fraction of sp³-hybridized carbons (Fsp3) is 0.455. The Hall–Kier alpha value is -0.791. The van der Waals surface area contributed by atoms with Gasteiger partial charge in [0.15, 0.2) is 0 Å². The molecule has 1 aliphatic rings. The van der Waals surface area contributed by atoms with Crippen molar-refractivity contribution in [1.29, 1.82) is 0 Å². The number of benzene rings is 2. The average Bonchev–Trinajstić information content (AvgIpc) is 3.06. The first-order valence-corrected chi connectivity index (χ1v) is 9.56. The van der Waals surface area contributed by atoms with Gasteiger partial charge in [-0.1, -0.05) is 53.5 Å². The molecular formula is C22H33BN3O3Y-. The molecule has 6 nitrogen and oxygen atoms in total. The maximum atomic E-state index is 9.10. The molecule has 0 bridgehead atoms. The predicted octanol–water partition coefficient (Wildman–Crippen LogP) is 2.76. The molecule has 3 rings (SSSR count). The third kappa shape index (κ3) is 8.75. The molecule has 0 unspecified atom stereocenters. The van der Waals surface area contributed by atoms with Crippen LogP contribution in [0.1, 0.15) is 44.4 Å². The van der Waals surface area contributed by atoms with E-state index in [1.165, 1.54) is 18.2 Å². The van der Waals surface area contributed by atoms with Crippen molar-refractivity contribution in [2.45, 2.75) is 58.9 Å². The van der Waals surface area contributed by atoms with Gasteiger partial charge in [-0.3, -0.25) is 0 Å². The quantitative estimate of drug-likeness (QED) is 0.456. The van der Waals surface area contributed by atoms with E-state index in [4.69, 9.17) is 23.0 Å². The second-order valence-corrected chi connectivity index (χ2v) is 7.85. The first-order chi connectivity index (χ1) is 13.5. The van der Waals surface area contributed by atoms with Gasteiger partial charge < -0.3 is 26.4 Å². The van der Waals surface area contributed by atoms with E-state index in [2.05, 4.69) is 23.3 Å². The molecule has 0 amide bonds. The Morgan fingerprint density at radius 1 is 0.933 bits per heavy atom. The van der Waals surface area contributed by atoms with Crippen LogP contribution in [0.25, 0.3) is 5.48 Å². The number of fused-ring (bicyclic) bond motifs is 1. The zero-order valence-corrected chi connectivity index (χ0v) is 21.7. The Labute approximate surface area is 207 Å². The number of hydroxylamine groups is 2. The summed E-state index contributed by atoms with van der Waals surface area (Å²) in [5, 5.41) is 20.0. The average molecular weight is 487 g/mol. The van der Waals surface area contributed by atoms with Crippen LogP contribution in [0.15, 0.2) is 42.5 Å². The van der Waals surface area contributed by atoms with Crippen molar-refractivity contribution in [3.8, 4) is 0 Å². The first-order valence-electron chi connectivity index (χ1n) is 9.56. The number of rotatable bonds is 4. The summed E-state index contributed by atoms with van der Waals surface area (Å²) in [7, 11) is 7.34. The van der Waals surface area contributed by atoms with Gasteiger partial charge in [-0.2, -0.15) is 5.06 Å². The minimum Gasteiger partial charge on any atom is -0.541 e. The Bertz CT molecular complexity index is 740. The van der Waals surface area contributed by atoms with Gasteiger partial charge in [0, 0.05) is 45.8 Å². The van der Waals surface area contributed by atoms with Crippen LogP contribution < -0.4 is 11.2 Å². The SMILES string of the molecule is CC(C)(O)C(C)(C)O.CN.[B]c1cccc([N-]ON2Cc3ccccc3C2)c1C.[Y]. The van der Waals surface area contributed by atoms with Crippen LogP contribution in [0.5, 0.6) is 0 Å². The monoisotopic (exact) mass is 487 g/mol. The number of hydrogen-bond acceptors (Lipinski definition) is 5. The molecule has 2 aromatic carbocycles. The minimum atomic E-state index is -1.01. The van der Waals surface area contributed by atoms with E-state index in [0.717, 1.165) is 29.8 Å². The van der Waals surface area contributed by atoms with Gasteiger partial charge >= 0.3 is 0 Å². The molecule has 30 heavy (non-hydrogen) atoms. The molecule has 161 valence electrons. The molecule has 0 aromatic heterocycles. The van der Waals surface area contributed by atoms with E-state index < -0.39 is 11.2 Å². The summed E-state index contributed by atoms with van der Waals surface area (Å²) < 4.78 is 0. The van der Waals surface area contributed by atoms with Gasteiger partial charge in [0.05, 0.1) is 11.2 Å². The molecule has 1 aliphatic heterocycles. The van der Waals surface area contributed by atoms with Crippen molar-refractivity contribution in [1.82, 2.24) is 5.06 Å². The van der Waals surface area contributed by atoms with Crippen LogP contribution in [0.2, 0.25) is 0 Å². The van der Waals surface area contributed by atoms with Gasteiger partial charge in [-0.25, -0.2) is 0 Å². The maximum Gasteiger partial charge on any atom is 0.114 e. The van der Waals surface area contributed by atoms with Gasteiger partial charge in [-0.05, 0) is 52.8 Å². The standard InChI is InChI=1S/C15H14BN2O.C6H14O2.CH5N.Y/c1-11-14(16)7-4-8-15(11)17-19-18-9-12-5-2-3-6-13(12)10-18;1-5(2,7)6(3,4)8;1-2;/h2-8H,9-10H2,1H3;7-8H,1-4H3;2H2,1H3;/q-1;;;. The largest absolute Gasteiger partial charge is 0.541 e. The molecule has 8 heteroatoms. The molecule has 3 radical (unpaired) electrons. The molecule has 0 atom stereocenters. The van der Waals surface area contributed by atoms with Crippen molar-refractivity contribution < 1.29 is 47.9 Å². The van der Waals surface area contributed by atoms with Gasteiger partial charge in [0.1, 0.15) is 7.85 Å². The zero-order chi connectivity index (χ0) is 22.2. The summed E-state index contributed by atoms with van der Waals surface area (Å²) in [4.78, 5) is 5.51. The maximum absolute atomic E-state index is 9.10. The summed E-state index contributed by atoms with van der Waals surface area (Å²) in [5.74, 6) is 0. The Morgan fingerprint density at radius 3 is 1.83 bits per heavy atom. The van der Waals surface area contributed by atoms with E-state index in [-0.39, 0.29) is 32.7 Å². The van der Waals surface area contributed by atoms with Crippen LogP contribution in [-0.2, 0) is 50.7 Å². The second-order valence-electron chi connectivity index (χ2n) is 7.85. The van der Waals surface area contributed by atoms with Crippen molar-refractivity contribution in [2.75, 3.05) is 7.05 Å². The Balaban J connectivity index is 0.000000656. The normalized spacial score (nSPS) is 13.1. The van der Waals surface area contributed by atoms with Crippen molar-refractivity contribution in [3.63, 3.8) is 0 Å². The first kappa shape index (κ1) is 29.2. The summed E-state index contributed by atoms with van der Waals surface area (Å²) in [6.45, 7) is 9.78. The Kier molecular flexibility index (Phi) is 12.6. The molecule has 0 fully saturated rings. The number of aliphatic hydroxyl groups is 2. The molecule has 4 N–H and O–H groups in total. The van der Waals surface area contributed by atoms with Crippen LogP contribution in [0, 0.1) is 6.92 Å². The third-order valence-electron chi connectivity index (χ3n) is 4.91. The molecule has 0 saturated heterocycles. The van der Waals surface area contributed by atoms with E-state index in [9.17, 15) is 0 Å². The topological polar surface area (TPSA) is 93.1 Å². The van der Waals surface area contributed by atoms with Crippen LogP contribution in [-0.4, -0.2) is 41.4 Å². The fourth-order valence-electron chi connectivity index (χ4n) is 2.20. The van der Waals surface area contributed by atoms with Crippen LogP contribution in [0.4, 0.5) is 5.69 Å². The Morgan fingerprint density at radius 2 is 1.40 bits per heavy atom. The minimum absolute atomic E-state index is 0. The van der Waals surface area contributed by atoms with Crippen molar-refractivity contribution in [2.24, 2.45) is 5.73 Å². The number of nitrogens with two attached hydrogens (primary N) is 1. The van der Waals surface area contributed by atoms with E-state index in [1.807, 2.05) is 42.3 Å². The summed E-state index contributed by atoms with van der Waals surface area (Å²) in [6.07, 6.45) is 0. The van der Waals surface area contributed by atoms with Crippen molar-refractivity contribution in [3.05, 3.63) is 64.6 Å². The van der Waals surface area contributed by atoms with Gasteiger partial charge in [0.25, 0.3) is 0 Å². The zero-order valence-electron chi connectivity index (χ0n) is 18.9. The fourth-order valence-corrected chi connectivity index (χ4v) is 2.20. The van der Waals surface area contributed by atoms with E-state index in [0.29, 0.717) is 0 Å². The molecule has 1 heterocycles. The van der Waals surface area contributed by atoms with E-state index in [1.54, 1.807) is 27.7 Å². The number of hydrogen-bond donors (Lipinski definition) is 3. The number of nitrogens with zero attached hydrogens (tertiary/aromatic N) is 2. The molecule has 0 saturated carbocycles. The summed E-state index contributed by atoms with van der Waals surface area (Å²) in [6, 6.07) is 14.0. The third-order valence-corrected chi connectivity index (χ3v) is 4.91. The molecule has 0 spiro atoms. The summed E-state index contributed by atoms with van der Waals surface area (Å²) >= 11 is 0. The van der Waals surface area contributed by atoms with E-state index >= 15 is 0 Å². The summed E-state index contributed by atoms with van der Waals surface area (Å²) in [5.41, 5.74) is 11.7. The smallest absolute Gasteiger partial charge is 0.114 e.